The molecule has 1 aromatic carbocycles. The number of hydrogen-bond donors (Lipinski definition) is 3. The second kappa shape index (κ2) is 3.17. The van der Waals surface area contributed by atoms with E-state index in [9.17, 15) is 9.18 Å². The Hall–Kier alpha value is -1.78. The third-order valence-corrected chi connectivity index (χ3v) is 2.09. The molecule has 0 bridgehead atoms. The number of nitrogens with two attached hydrogens (primary N) is 1. The topological polar surface area (TPSA) is 67.2 Å². The second-order valence-corrected chi connectivity index (χ2v) is 3.10. The zero-order valence-electron chi connectivity index (χ0n) is 7.43. The number of fused-ring (bicyclic) bond motifs is 1. The molecule has 14 heavy (non-hydrogen) atoms. The summed E-state index contributed by atoms with van der Waals surface area (Å²) < 4.78 is 13.0. The molecule has 1 heterocycles. The fourth-order valence-electron chi connectivity index (χ4n) is 1.46. The van der Waals surface area contributed by atoms with Gasteiger partial charge in [-0.2, -0.15) is 0 Å². The highest BCUT2D eigenvalue weighted by Crippen LogP contribution is 2.25. The van der Waals surface area contributed by atoms with E-state index < -0.39 is 5.82 Å². The van der Waals surface area contributed by atoms with Crippen LogP contribution in [-0.2, 0) is 0 Å². The number of benzene rings is 1. The number of carbonyl (C=O) groups is 1. The molecular weight excluding hydrogens is 185 g/mol. The lowest BCUT2D eigenvalue weighted by molar-refractivity contribution is 0.0957. The summed E-state index contributed by atoms with van der Waals surface area (Å²) in [4.78, 5) is 11.4. The van der Waals surface area contributed by atoms with Crippen LogP contribution in [0, 0.1) is 5.82 Å². The maximum Gasteiger partial charge on any atom is 0.253 e. The molecule has 1 aliphatic heterocycles. The van der Waals surface area contributed by atoms with Gasteiger partial charge in [0, 0.05) is 13.1 Å². The van der Waals surface area contributed by atoms with Crippen molar-refractivity contribution in [1.82, 2.24) is 5.32 Å². The summed E-state index contributed by atoms with van der Waals surface area (Å²) in [6.45, 7) is 1.10. The Balaban J connectivity index is 2.58. The Morgan fingerprint density at radius 2 is 2.00 bits per heavy atom. The molecule has 2 rings (SSSR count). The first-order valence-corrected chi connectivity index (χ1v) is 4.29. The highest BCUT2D eigenvalue weighted by atomic mass is 19.1. The summed E-state index contributed by atoms with van der Waals surface area (Å²) in [6, 6.07) is 2.38. The van der Waals surface area contributed by atoms with Gasteiger partial charge < -0.3 is 16.4 Å². The third-order valence-electron chi connectivity index (χ3n) is 2.09. The zero-order chi connectivity index (χ0) is 10.1. The van der Waals surface area contributed by atoms with Crippen molar-refractivity contribution in [3.05, 3.63) is 23.5 Å². The van der Waals surface area contributed by atoms with Gasteiger partial charge in [0.2, 0.25) is 0 Å². The third kappa shape index (κ3) is 1.37. The molecule has 1 amide bonds. The summed E-state index contributed by atoms with van der Waals surface area (Å²) in [5.74, 6) is -0.795. The first kappa shape index (κ1) is 8.80. The van der Waals surface area contributed by atoms with Gasteiger partial charge in [-0.1, -0.05) is 0 Å². The number of nitrogen functional groups attached to an aromatic ring is 1. The van der Waals surface area contributed by atoms with Crippen molar-refractivity contribution in [2.75, 3.05) is 24.1 Å². The predicted molar refractivity (Wildman–Crippen MR) is 51.6 cm³/mol. The molecule has 1 aromatic rings. The Labute approximate surface area is 80.3 Å². The minimum absolute atomic E-state index is 0.261. The Morgan fingerprint density at radius 3 is 2.79 bits per heavy atom. The first-order valence-electron chi connectivity index (χ1n) is 4.29. The van der Waals surface area contributed by atoms with E-state index in [1.165, 1.54) is 12.1 Å². The van der Waals surface area contributed by atoms with E-state index in [0.29, 0.717) is 18.8 Å². The van der Waals surface area contributed by atoms with Crippen molar-refractivity contribution in [2.45, 2.75) is 0 Å². The van der Waals surface area contributed by atoms with Crippen LogP contribution in [0.25, 0.3) is 0 Å². The second-order valence-electron chi connectivity index (χ2n) is 3.10. The molecule has 0 saturated carbocycles. The lowest BCUT2D eigenvalue weighted by Gasteiger charge is -2.08. The maximum absolute atomic E-state index is 13.0. The van der Waals surface area contributed by atoms with Crippen molar-refractivity contribution in [2.24, 2.45) is 0 Å². The fraction of sp³-hybridized carbons (Fsp3) is 0.222. The molecular formula is C9H10FN3O. The van der Waals surface area contributed by atoms with Gasteiger partial charge in [0.15, 0.2) is 0 Å². The van der Waals surface area contributed by atoms with E-state index in [1.54, 1.807) is 0 Å². The summed E-state index contributed by atoms with van der Waals surface area (Å²) in [7, 11) is 0. The molecule has 0 aliphatic carbocycles. The largest absolute Gasteiger partial charge is 0.397 e. The lowest BCUT2D eigenvalue weighted by Crippen LogP contribution is -2.24. The summed E-state index contributed by atoms with van der Waals surface area (Å²) in [5, 5.41) is 5.61. The van der Waals surface area contributed by atoms with Crippen LogP contribution < -0.4 is 16.4 Å². The molecule has 0 spiro atoms. The van der Waals surface area contributed by atoms with Crippen molar-refractivity contribution in [3.8, 4) is 0 Å². The van der Waals surface area contributed by atoms with E-state index in [1.807, 2.05) is 0 Å². The predicted octanol–water partition coefficient (Wildman–Crippen LogP) is 0.563. The normalized spacial score (nSPS) is 15.1. The van der Waals surface area contributed by atoms with Crippen LogP contribution >= 0.6 is 0 Å². The highest BCUT2D eigenvalue weighted by Gasteiger charge is 2.17. The minimum Gasteiger partial charge on any atom is -0.397 e. The number of anilines is 2. The van der Waals surface area contributed by atoms with Gasteiger partial charge >= 0.3 is 0 Å². The molecule has 5 heteroatoms. The van der Waals surface area contributed by atoms with Crippen LogP contribution in [0.2, 0.25) is 0 Å². The van der Waals surface area contributed by atoms with Gasteiger partial charge in [-0.15, -0.1) is 0 Å². The molecule has 0 saturated heterocycles. The van der Waals surface area contributed by atoms with Crippen LogP contribution in [0.15, 0.2) is 12.1 Å². The SMILES string of the molecule is Nc1cc(F)cc2c1NCCNC2=O. The standard InChI is InChI=1S/C9H10FN3O/c10-5-3-6-8(7(11)4-5)12-1-2-13-9(6)14/h3-4,12H,1-2,11H2,(H,13,14). The molecule has 74 valence electrons. The number of hydrogen-bond acceptors (Lipinski definition) is 3. The van der Waals surface area contributed by atoms with Crippen molar-refractivity contribution >= 4 is 17.3 Å². The Morgan fingerprint density at radius 1 is 1.29 bits per heavy atom. The van der Waals surface area contributed by atoms with Crippen LogP contribution in [0.3, 0.4) is 0 Å². The maximum atomic E-state index is 13.0. The van der Waals surface area contributed by atoms with E-state index in [2.05, 4.69) is 10.6 Å². The van der Waals surface area contributed by atoms with E-state index in [4.69, 9.17) is 5.73 Å². The van der Waals surface area contributed by atoms with Gasteiger partial charge in [-0.25, -0.2) is 4.39 Å². The molecule has 0 radical (unpaired) electrons. The van der Waals surface area contributed by atoms with Gasteiger partial charge in [0.25, 0.3) is 5.91 Å². The van der Waals surface area contributed by atoms with E-state index in [0.717, 1.165) is 0 Å². The van der Waals surface area contributed by atoms with E-state index >= 15 is 0 Å². The highest BCUT2D eigenvalue weighted by molar-refractivity contribution is 6.02. The van der Waals surface area contributed by atoms with Gasteiger partial charge in [0.05, 0.1) is 16.9 Å². The van der Waals surface area contributed by atoms with E-state index in [-0.39, 0.29) is 17.2 Å². The molecule has 4 N–H and O–H groups in total. The molecule has 0 atom stereocenters. The fourth-order valence-corrected chi connectivity index (χ4v) is 1.46. The Bertz CT molecular complexity index is 392. The van der Waals surface area contributed by atoms with Crippen LogP contribution in [0.5, 0.6) is 0 Å². The molecule has 0 fully saturated rings. The molecule has 0 aromatic heterocycles. The minimum atomic E-state index is -0.500. The summed E-state index contributed by atoms with van der Waals surface area (Å²) >= 11 is 0. The monoisotopic (exact) mass is 195 g/mol. The van der Waals surface area contributed by atoms with Crippen molar-refractivity contribution in [1.29, 1.82) is 0 Å². The Kier molecular flexibility index (Phi) is 1.99. The van der Waals surface area contributed by atoms with Gasteiger partial charge in [-0.05, 0) is 12.1 Å². The molecule has 0 unspecified atom stereocenters. The van der Waals surface area contributed by atoms with Crippen LogP contribution in [-0.4, -0.2) is 19.0 Å². The quantitative estimate of drug-likeness (QED) is 0.530. The number of carbonyl (C=O) groups excluding carboxylic acids is 1. The summed E-state index contributed by atoms with van der Waals surface area (Å²) in [6.07, 6.45) is 0. The zero-order valence-corrected chi connectivity index (χ0v) is 7.43. The average molecular weight is 195 g/mol. The molecule has 1 aliphatic rings. The van der Waals surface area contributed by atoms with Crippen molar-refractivity contribution in [3.63, 3.8) is 0 Å². The van der Waals surface area contributed by atoms with Crippen LogP contribution in [0.1, 0.15) is 10.4 Å². The van der Waals surface area contributed by atoms with Crippen molar-refractivity contribution < 1.29 is 9.18 Å². The first-order chi connectivity index (χ1) is 6.68. The number of rotatable bonds is 0. The molecule has 4 nitrogen and oxygen atoms in total. The number of halogens is 1. The summed E-state index contributed by atoms with van der Waals surface area (Å²) in [5.41, 5.74) is 6.63. The van der Waals surface area contributed by atoms with Crippen LogP contribution in [0.4, 0.5) is 15.8 Å². The lowest BCUT2D eigenvalue weighted by atomic mass is 10.1. The number of nitrogens with one attached hydrogen (secondary N) is 2. The van der Waals surface area contributed by atoms with Gasteiger partial charge in [0.1, 0.15) is 5.82 Å². The smallest absolute Gasteiger partial charge is 0.253 e. The van der Waals surface area contributed by atoms with Gasteiger partial charge in [-0.3, -0.25) is 4.79 Å². The average Bonchev–Trinajstić information content (AvgIpc) is 2.29. The number of amides is 1.